The number of amidine groups is 1. The van der Waals surface area contributed by atoms with Gasteiger partial charge >= 0.3 is 11.9 Å². The number of nitrogens with one attached hydrogen (secondary N) is 1. The van der Waals surface area contributed by atoms with Crippen LogP contribution in [0.1, 0.15) is 38.2 Å². The summed E-state index contributed by atoms with van der Waals surface area (Å²) < 4.78 is 15.0. The number of aryl methyl sites for hydroxylation is 1. The second-order valence-electron chi connectivity index (χ2n) is 6.68. The molecule has 0 aliphatic carbocycles. The molecule has 1 aromatic carbocycles. The van der Waals surface area contributed by atoms with Crippen molar-refractivity contribution in [2.24, 2.45) is 10.7 Å². The molecule has 1 rings (SSSR count). The summed E-state index contributed by atoms with van der Waals surface area (Å²) in [5, 5.41) is 3.13. The van der Waals surface area contributed by atoms with Gasteiger partial charge in [0.15, 0.2) is 0 Å². The molecule has 0 spiro atoms. The molecule has 162 valence electrons. The molecule has 0 aliphatic rings. The maximum absolute atomic E-state index is 11.5. The molecular weight excluding hydrogens is 374 g/mol. The topological polar surface area (TPSA) is 112 Å². The molecule has 0 aliphatic heterocycles. The number of esters is 2. The van der Waals surface area contributed by atoms with Crippen molar-refractivity contribution in [2.75, 3.05) is 33.9 Å². The van der Waals surface area contributed by atoms with E-state index in [-0.39, 0.29) is 30.8 Å². The van der Waals surface area contributed by atoms with E-state index in [0.29, 0.717) is 19.0 Å². The molecule has 29 heavy (non-hydrogen) atoms. The van der Waals surface area contributed by atoms with Crippen LogP contribution >= 0.6 is 0 Å². The van der Waals surface area contributed by atoms with Gasteiger partial charge in [0.1, 0.15) is 12.4 Å². The fraction of sp³-hybridized carbons (Fsp3) is 0.571. The van der Waals surface area contributed by atoms with Gasteiger partial charge in [0.25, 0.3) is 0 Å². The minimum Gasteiger partial charge on any atom is -0.492 e. The maximum atomic E-state index is 11.5. The second kappa shape index (κ2) is 14.4. The predicted octanol–water partition coefficient (Wildman–Crippen LogP) is 1.85. The lowest BCUT2D eigenvalue weighted by molar-refractivity contribution is -0.143. The zero-order chi connectivity index (χ0) is 21.5. The van der Waals surface area contributed by atoms with Gasteiger partial charge in [-0.2, -0.15) is 0 Å². The Bertz CT molecular complexity index is 624. The van der Waals surface area contributed by atoms with Gasteiger partial charge in [0.2, 0.25) is 0 Å². The number of ether oxygens (including phenoxy) is 3. The minimum atomic E-state index is -0.382. The molecular formula is C21H33N3O5. The van der Waals surface area contributed by atoms with E-state index in [2.05, 4.69) is 31.9 Å². The molecule has 0 bridgehead atoms. The first-order valence-corrected chi connectivity index (χ1v) is 9.80. The normalized spacial score (nSPS) is 11.4. The largest absolute Gasteiger partial charge is 0.492 e. The van der Waals surface area contributed by atoms with Crippen LogP contribution in [-0.4, -0.2) is 57.7 Å². The highest BCUT2D eigenvalue weighted by molar-refractivity contribution is 5.77. The van der Waals surface area contributed by atoms with E-state index in [4.69, 9.17) is 10.5 Å². The van der Waals surface area contributed by atoms with E-state index >= 15 is 0 Å². The van der Waals surface area contributed by atoms with Gasteiger partial charge in [-0.25, -0.2) is 0 Å². The van der Waals surface area contributed by atoms with Gasteiger partial charge in [-0.3, -0.25) is 14.6 Å². The number of benzene rings is 1. The lowest BCUT2D eigenvalue weighted by Gasteiger charge is -2.16. The Hall–Kier alpha value is -2.61. The van der Waals surface area contributed by atoms with Gasteiger partial charge in [-0.05, 0) is 43.9 Å². The number of nitrogens with zero attached hydrogens (tertiary/aromatic N) is 1. The molecule has 3 N–H and O–H groups in total. The highest BCUT2D eigenvalue weighted by Gasteiger charge is 2.18. The van der Waals surface area contributed by atoms with Crippen molar-refractivity contribution >= 4 is 17.8 Å². The fourth-order valence-corrected chi connectivity index (χ4v) is 2.67. The summed E-state index contributed by atoms with van der Waals surface area (Å²) in [6.07, 6.45) is 3.25. The average Bonchev–Trinajstić information content (AvgIpc) is 2.71. The lowest BCUT2D eigenvalue weighted by Crippen LogP contribution is -2.36. The number of carbonyl (C=O) groups excluding carboxylic acids is 2. The molecule has 0 atom stereocenters. The van der Waals surface area contributed by atoms with Gasteiger partial charge in [-0.1, -0.05) is 12.1 Å². The van der Waals surface area contributed by atoms with Crippen molar-refractivity contribution in [3.63, 3.8) is 0 Å². The quantitative estimate of drug-likeness (QED) is 0.209. The molecule has 0 unspecified atom stereocenters. The lowest BCUT2D eigenvalue weighted by atomic mass is 10.1. The first kappa shape index (κ1) is 24.4. The molecule has 1 aromatic rings. The third-order valence-electron chi connectivity index (χ3n) is 4.24. The summed E-state index contributed by atoms with van der Waals surface area (Å²) in [6.45, 7) is 3.46. The second-order valence-corrected chi connectivity index (χ2v) is 6.68. The summed E-state index contributed by atoms with van der Waals surface area (Å²) in [6, 6.07) is 7.64. The number of aliphatic imine (C=N–C) groups is 1. The number of methoxy groups -OCH3 is 2. The Morgan fingerprint density at radius 1 is 1.07 bits per heavy atom. The first-order valence-electron chi connectivity index (χ1n) is 9.80. The molecule has 0 fully saturated rings. The molecule has 8 heteroatoms. The van der Waals surface area contributed by atoms with Crippen molar-refractivity contribution < 1.29 is 23.8 Å². The Morgan fingerprint density at radius 3 is 2.24 bits per heavy atom. The van der Waals surface area contributed by atoms with Crippen molar-refractivity contribution in [1.29, 1.82) is 0 Å². The number of rotatable bonds is 14. The third-order valence-corrected chi connectivity index (χ3v) is 4.24. The molecule has 0 saturated heterocycles. The molecule has 0 amide bonds. The van der Waals surface area contributed by atoms with Crippen molar-refractivity contribution in [3.05, 3.63) is 29.8 Å². The van der Waals surface area contributed by atoms with Gasteiger partial charge in [0, 0.05) is 19.1 Å². The number of hydrogen-bond acceptors (Lipinski definition) is 7. The maximum Gasteiger partial charge on any atom is 0.307 e. The van der Waals surface area contributed by atoms with Crippen LogP contribution in [0.2, 0.25) is 0 Å². The van der Waals surface area contributed by atoms with Gasteiger partial charge in [0.05, 0.1) is 32.9 Å². The van der Waals surface area contributed by atoms with Crippen LogP contribution < -0.4 is 15.8 Å². The highest BCUT2D eigenvalue weighted by Crippen LogP contribution is 2.14. The monoisotopic (exact) mass is 407 g/mol. The summed E-state index contributed by atoms with van der Waals surface area (Å²) >= 11 is 0. The summed E-state index contributed by atoms with van der Waals surface area (Å²) in [4.78, 5) is 27.1. The van der Waals surface area contributed by atoms with Gasteiger partial charge < -0.3 is 25.3 Å². The van der Waals surface area contributed by atoms with Crippen LogP contribution in [-0.2, 0) is 25.5 Å². The van der Waals surface area contributed by atoms with E-state index < -0.39 is 0 Å². The zero-order valence-corrected chi connectivity index (χ0v) is 17.6. The van der Waals surface area contributed by atoms with Crippen molar-refractivity contribution in [1.82, 2.24) is 5.32 Å². The molecule has 0 heterocycles. The van der Waals surface area contributed by atoms with Crippen LogP contribution in [0.5, 0.6) is 5.75 Å². The number of unbranched alkanes of at least 4 members (excludes halogenated alkanes) is 1. The van der Waals surface area contributed by atoms with Crippen LogP contribution in [0, 0.1) is 0 Å². The summed E-state index contributed by atoms with van der Waals surface area (Å²) in [7, 11) is 2.64. The SMILES string of the molecule is COC(=O)CC(CC(=O)OC)NCCOc1ccc(CCCCN=C(C)N)cc1. The van der Waals surface area contributed by atoms with Crippen LogP contribution in [0.3, 0.4) is 0 Å². The third kappa shape index (κ3) is 11.7. The van der Waals surface area contributed by atoms with Crippen LogP contribution in [0.25, 0.3) is 0 Å². The van der Waals surface area contributed by atoms with Gasteiger partial charge in [-0.15, -0.1) is 0 Å². The Morgan fingerprint density at radius 2 is 1.69 bits per heavy atom. The van der Waals surface area contributed by atoms with E-state index in [1.807, 2.05) is 12.1 Å². The number of nitrogens with two attached hydrogens (primary N) is 1. The first-order chi connectivity index (χ1) is 13.9. The highest BCUT2D eigenvalue weighted by atomic mass is 16.5. The molecule has 0 aromatic heterocycles. The molecule has 8 nitrogen and oxygen atoms in total. The zero-order valence-electron chi connectivity index (χ0n) is 17.6. The van der Waals surface area contributed by atoms with E-state index in [9.17, 15) is 9.59 Å². The Balaban J connectivity index is 2.32. The Kier molecular flexibility index (Phi) is 12.1. The minimum absolute atomic E-state index is 0.0937. The van der Waals surface area contributed by atoms with E-state index in [1.54, 1.807) is 6.92 Å². The fourth-order valence-electron chi connectivity index (χ4n) is 2.67. The van der Waals surface area contributed by atoms with E-state index in [1.165, 1.54) is 19.8 Å². The smallest absolute Gasteiger partial charge is 0.307 e. The van der Waals surface area contributed by atoms with Crippen molar-refractivity contribution in [2.45, 2.75) is 45.1 Å². The average molecular weight is 408 g/mol. The summed E-state index contributed by atoms with van der Waals surface area (Å²) in [5.74, 6) is 0.639. The van der Waals surface area contributed by atoms with Crippen LogP contribution in [0.15, 0.2) is 29.3 Å². The van der Waals surface area contributed by atoms with E-state index in [0.717, 1.165) is 31.6 Å². The summed E-state index contributed by atoms with van der Waals surface area (Å²) in [5.41, 5.74) is 6.76. The predicted molar refractivity (Wildman–Crippen MR) is 112 cm³/mol. The number of hydrogen-bond donors (Lipinski definition) is 2. The molecule has 0 radical (unpaired) electrons. The van der Waals surface area contributed by atoms with Crippen LogP contribution in [0.4, 0.5) is 0 Å². The molecule has 0 saturated carbocycles. The van der Waals surface area contributed by atoms with Crippen molar-refractivity contribution in [3.8, 4) is 5.75 Å². The number of carbonyl (C=O) groups is 2. The standard InChI is InChI=1S/C21H33N3O5/c1-16(22)23-11-5-4-6-17-7-9-19(10-8-17)29-13-12-24-18(14-20(25)27-2)15-21(26)28-3/h7-10,18,24H,4-6,11-15H2,1-3H3,(H2,22,23). The Labute approximate surface area is 172 Å².